The summed E-state index contributed by atoms with van der Waals surface area (Å²) in [6.45, 7) is 2.91. The summed E-state index contributed by atoms with van der Waals surface area (Å²) in [7, 11) is 0. The van der Waals surface area contributed by atoms with Crippen LogP contribution in [0.5, 0.6) is 0 Å². The molecule has 0 saturated carbocycles. The molecular formula is C15H15Br2FN2. The Morgan fingerprint density at radius 3 is 2.65 bits per heavy atom. The van der Waals surface area contributed by atoms with Gasteiger partial charge in [-0.3, -0.25) is 4.98 Å². The zero-order valence-corrected chi connectivity index (χ0v) is 14.2. The van der Waals surface area contributed by atoms with Crippen LogP contribution in [-0.4, -0.2) is 11.5 Å². The molecule has 1 heterocycles. The smallest absolute Gasteiger partial charge is 0.124 e. The largest absolute Gasteiger partial charge is 0.309 e. The van der Waals surface area contributed by atoms with Gasteiger partial charge in [0.05, 0.1) is 11.7 Å². The maximum Gasteiger partial charge on any atom is 0.124 e. The molecule has 0 aliphatic carbocycles. The van der Waals surface area contributed by atoms with Crippen molar-refractivity contribution < 1.29 is 4.39 Å². The van der Waals surface area contributed by atoms with Gasteiger partial charge in [-0.05, 0) is 58.7 Å². The van der Waals surface area contributed by atoms with E-state index in [-0.39, 0.29) is 11.9 Å². The van der Waals surface area contributed by atoms with Crippen molar-refractivity contribution in [3.8, 4) is 0 Å². The predicted octanol–water partition coefficient (Wildman–Crippen LogP) is 4.64. The van der Waals surface area contributed by atoms with Gasteiger partial charge in [0.2, 0.25) is 0 Å². The fourth-order valence-corrected chi connectivity index (χ4v) is 2.78. The van der Waals surface area contributed by atoms with Crippen LogP contribution in [-0.2, 0) is 6.42 Å². The summed E-state index contributed by atoms with van der Waals surface area (Å²) in [6, 6.07) is 8.87. The molecule has 1 N–H and O–H groups in total. The van der Waals surface area contributed by atoms with Gasteiger partial charge in [-0.1, -0.05) is 28.9 Å². The fourth-order valence-electron chi connectivity index (χ4n) is 2.03. The van der Waals surface area contributed by atoms with Crippen molar-refractivity contribution in [3.05, 3.63) is 62.5 Å². The molecule has 1 atom stereocenters. The molecule has 0 fully saturated rings. The average Bonchev–Trinajstić information content (AvgIpc) is 2.42. The van der Waals surface area contributed by atoms with E-state index in [2.05, 4.69) is 49.1 Å². The molecule has 106 valence electrons. The standard InChI is InChI=1S/C15H15Br2FN2/c1-2-19-15(14-6-4-11(16)9-20-14)7-10-3-5-12(18)8-13(10)17/h3-6,8-9,15,19H,2,7H2,1H3. The number of benzene rings is 1. The summed E-state index contributed by atoms with van der Waals surface area (Å²) in [5.74, 6) is -0.234. The normalized spacial score (nSPS) is 12.4. The third-order valence-corrected chi connectivity index (χ3v) is 4.20. The number of aromatic nitrogens is 1. The van der Waals surface area contributed by atoms with Gasteiger partial charge in [-0.15, -0.1) is 0 Å². The Labute approximate surface area is 135 Å². The summed E-state index contributed by atoms with van der Waals surface area (Å²) < 4.78 is 14.9. The van der Waals surface area contributed by atoms with Crippen molar-refractivity contribution in [2.24, 2.45) is 0 Å². The van der Waals surface area contributed by atoms with E-state index in [0.29, 0.717) is 0 Å². The van der Waals surface area contributed by atoms with Crippen LogP contribution < -0.4 is 5.32 Å². The molecule has 0 aliphatic rings. The number of nitrogens with zero attached hydrogens (tertiary/aromatic N) is 1. The SMILES string of the molecule is CCNC(Cc1ccc(F)cc1Br)c1ccc(Br)cn1. The molecule has 0 radical (unpaired) electrons. The summed E-state index contributed by atoms with van der Waals surface area (Å²) >= 11 is 6.80. The average molecular weight is 402 g/mol. The first kappa shape index (κ1) is 15.6. The van der Waals surface area contributed by atoms with Gasteiger partial charge in [0.1, 0.15) is 5.82 Å². The Kier molecular flexibility index (Phi) is 5.69. The van der Waals surface area contributed by atoms with Crippen molar-refractivity contribution in [2.75, 3.05) is 6.54 Å². The first-order valence-electron chi connectivity index (χ1n) is 6.39. The quantitative estimate of drug-likeness (QED) is 0.789. The molecule has 2 rings (SSSR count). The predicted molar refractivity (Wildman–Crippen MR) is 86.2 cm³/mol. The van der Waals surface area contributed by atoms with Gasteiger partial charge in [0.15, 0.2) is 0 Å². The highest BCUT2D eigenvalue weighted by Crippen LogP contribution is 2.24. The fraction of sp³-hybridized carbons (Fsp3) is 0.267. The van der Waals surface area contributed by atoms with E-state index in [0.717, 1.165) is 33.2 Å². The van der Waals surface area contributed by atoms with Crippen LogP contribution in [0, 0.1) is 5.82 Å². The molecule has 1 unspecified atom stereocenters. The first-order valence-corrected chi connectivity index (χ1v) is 7.97. The Balaban J connectivity index is 2.22. The van der Waals surface area contributed by atoms with Gasteiger partial charge >= 0.3 is 0 Å². The lowest BCUT2D eigenvalue weighted by Gasteiger charge is -2.18. The summed E-state index contributed by atoms with van der Waals surface area (Å²) in [5.41, 5.74) is 2.04. The van der Waals surface area contributed by atoms with Crippen LogP contribution in [0.3, 0.4) is 0 Å². The third kappa shape index (κ3) is 4.11. The van der Waals surface area contributed by atoms with E-state index >= 15 is 0 Å². The molecular weight excluding hydrogens is 387 g/mol. The van der Waals surface area contributed by atoms with Gasteiger partial charge in [0.25, 0.3) is 0 Å². The highest BCUT2D eigenvalue weighted by molar-refractivity contribution is 9.10. The topological polar surface area (TPSA) is 24.9 Å². The Bertz CT molecular complexity index is 573. The summed E-state index contributed by atoms with van der Waals surface area (Å²) in [4.78, 5) is 4.44. The molecule has 2 nitrogen and oxygen atoms in total. The molecule has 0 bridgehead atoms. The van der Waals surface area contributed by atoms with E-state index in [9.17, 15) is 4.39 Å². The van der Waals surface area contributed by atoms with Crippen molar-refractivity contribution >= 4 is 31.9 Å². The van der Waals surface area contributed by atoms with Gasteiger partial charge < -0.3 is 5.32 Å². The number of rotatable bonds is 5. The van der Waals surface area contributed by atoms with E-state index < -0.39 is 0 Å². The summed E-state index contributed by atoms with van der Waals surface area (Å²) in [5, 5.41) is 3.42. The van der Waals surface area contributed by atoms with Gasteiger partial charge in [-0.25, -0.2) is 4.39 Å². The monoisotopic (exact) mass is 400 g/mol. The maximum absolute atomic E-state index is 13.1. The van der Waals surface area contributed by atoms with Crippen LogP contribution in [0.25, 0.3) is 0 Å². The zero-order chi connectivity index (χ0) is 14.5. The number of likely N-dealkylation sites (N-methyl/N-ethyl adjacent to an activating group) is 1. The molecule has 0 amide bonds. The lowest BCUT2D eigenvalue weighted by atomic mass is 10.0. The number of pyridine rings is 1. The minimum atomic E-state index is -0.234. The molecule has 2 aromatic rings. The molecule has 0 spiro atoms. The van der Waals surface area contributed by atoms with Crippen LogP contribution in [0.2, 0.25) is 0 Å². The molecule has 1 aromatic heterocycles. The molecule has 0 aliphatic heterocycles. The minimum absolute atomic E-state index is 0.106. The van der Waals surface area contributed by atoms with E-state index in [1.807, 2.05) is 18.2 Å². The third-order valence-electron chi connectivity index (χ3n) is 3.00. The Morgan fingerprint density at radius 2 is 2.05 bits per heavy atom. The summed E-state index contributed by atoms with van der Waals surface area (Å²) in [6.07, 6.45) is 2.54. The van der Waals surface area contributed by atoms with Gasteiger partial charge in [-0.2, -0.15) is 0 Å². The van der Waals surface area contributed by atoms with Crippen molar-refractivity contribution in [1.82, 2.24) is 10.3 Å². The van der Waals surface area contributed by atoms with Crippen LogP contribution in [0.1, 0.15) is 24.2 Å². The highest BCUT2D eigenvalue weighted by atomic mass is 79.9. The van der Waals surface area contributed by atoms with E-state index in [4.69, 9.17) is 0 Å². The van der Waals surface area contributed by atoms with Crippen LogP contribution in [0.4, 0.5) is 4.39 Å². The number of halogens is 3. The second-order valence-corrected chi connectivity index (χ2v) is 6.22. The zero-order valence-electron chi connectivity index (χ0n) is 11.0. The lowest BCUT2D eigenvalue weighted by Crippen LogP contribution is -2.24. The highest BCUT2D eigenvalue weighted by Gasteiger charge is 2.14. The van der Waals surface area contributed by atoms with Crippen LogP contribution >= 0.6 is 31.9 Å². The molecule has 1 aromatic carbocycles. The molecule has 5 heteroatoms. The number of nitrogens with one attached hydrogen (secondary N) is 1. The van der Waals surface area contributed by atoms with Crippen molar-refractivity contribution in [1.29, 1.82) is 0 Å². The van der Waals surface area contributed by atoms with Crippen LogP contribution in [0.15, 0.2) is 45.5 Å². The lowest BCUT2D eigenvalue weighted by molar-refractivity contribution is 0.535. The molecule has 0 saturated heterocycles. The number of hydrogen-bond donors (Lipinski definition) is 1. The second kappa shape index (κ2) is 7.29. The number of hydrogen-bond acceptors (Lipinski definition) is 2. The Morgan fingerprint density at radius 1 is 1.25 bits per heavy atom. The van der Waals surface area contributed by atoms with Crippen molar-refractivity contribution in [3.63, 3.8) is 0 Å². The van der Waals surface area contributed by atoms with Crippen molar-refractivity contribution in [2.45, 2.75) is 19.4 Å². The second-order valence-electron chi connectivity index (χ2n) is 4.45. The minimum Gasteiger partial charge on any atom is -0.309 e. The Hall–Kier alpha value is -0.780. The van der Waals surface area contributed by atoms with Gasteiger partial charge in [0, 0.05) is 15.1 Å². The van der Waals surface area contributed by atoms with E-state index in [1.54, 1.807) is 6.20 Å². The van der Waals surface area contributed by atoms with E-state index in [1.165, 1.54) is 12.1 Å². The first-order chi connectivity index (χ1) is 9.60. The molecule has 20 heavy (non-hydrogen) atoms. The maximum atomic E-state index is 13.1.